The number of nitrogen functional groups attached to an aromatic ring is 1. The fourth-order valence-electron chi connectivity index (χ4n) is 4.85. The van der Waals surface area contributed by atoms with Crippen molar-refractivity contribution in [3.05, 3.63) is 69.4 Å². The van der Waals surface area contributed by atoms with Crippen molar-refractivity contribution in [3.8, 4) is 5.69 Å². The van der Waals surface area contributed by atoms with Crippen LogP contribution in [0.5, 0.6) is 0 Å². The molecule has 6 rings (SSSR count). The van der Waals surface area contributed by atoms with Crippen LogP contribution in [0.1, 0.15) is 35.6 Å². The molecule has 0 spiro atoms. The third kappa shape index (κ3) is 3.89. The predicted octanol–water partition coefficient (Wildman–Crippen LogP) is 2.93. The first-order valence-corrected chi connectivity index (χ1v) is 11.4. The molecule has 0 bridgehead atoms. The first-order chi connectivity index (χ1) is 16.4. The number of Topliss-reactive ketones (excluding diaryl/α,β-unsaturated/α-hetero) is 1. The third-order valence-electron chi connectivity index (χ3n) is 6.40. The molecule has 1 aromatic carbocycles. The molecule has 10 nitrogen and oxygen atoms in total. The standard InChI is InChI=1S/C23H21ClN8O2.2H2S/c1-12-11-30(20-16-15(33)7-9-26-19(16)27-23(25)28-20)17(12)21-29-31-10-8-14(24)18(31)22(34)32(21)13-5-3-2-4-6-13;;/h2-6,8,10,12,17H,7,9,11H2,1H3,(H3,25,26,27,28);2*1H2/t12-,17?;;/m0../s1. The van der Waals surface area contributed by atoms with Crippen LogP contribution in [0.2, 0.25) is 5.02 Å². The lowest BCUT2D eigenvalue weighted by Crippen LogP contribution is -2.52. The van der Waals surface area contributed by atoms with Crippen LogP contribution < -0.4 is 21.5 Å². The first kappa shape index (κ1) is 25.9. The molecule has 0 radical (unpaired) electrons. The number of ketones is 1. The Kier molecular flexibility index (Phi) is 6.95. The summed E-state index contributed by atoms with van der Waals surface area (Å²) in [7, 11) is 0. The Labute approximate surface area is 225 Å². The average Bonchev–Trinajstić information content (AvgIpc) is 3.18. The van der Waals surface area contributed by atoms with Crippen molar-refractivity contribution in [1.82, 2.24) is 24.1 Å². The highest BCUT2D eigenvalue weighted by molar-refractivity contribution is 7.59. The van der Waals surface area contributed by atoms with Crippen LogP contribution in [0.15, 0.2) is 47.4 Å². The van der Waals surface area contributed by atoms with E-state index in [1.54, 1.807) is 16.8 Å². The summed E-state index contributed by atoms with van der Waals surface area (Å²) in [5, 5.41) is 8.30. The molecule has 13 heteroatoms. The van der Waals surface area contributed by atoms with Gasteiger partial charge in [0.1, 0.15) is 22.7 Å². The van der Waals surface area contributed by atoms with E-state index < -0.39 is 0 Å². The number of hydrogen-bond acceptors (Lipinski definition) is 8. The number of carbonyl (C=O) groups is 1. The molecular formula is C23H25ClN8O2S2. The van der Waals surface area contributed by atoms with E-state index in [1.807, 2.05) is 35.2 Å². The highest BCUT2D eigenvalue weighted by Crippen LogP contribution is 2.44. The van der Waals surface area contributed by atoms with E-state index in [9.17, 15) is 9.59 Å². The summed E-state index contributed by atoms with van der Waals surface area (Å²) in [6, 6.07) is 10.6. The average molecular weight is 545 g/mol. The molecule has 0 aliphatic carbocycles. The molecule has 1 saturated heterocycles. The van der Waals surface area contributed by atoms with Gasteiger partial charge in [0.25, 0.3) is 5.56 Å². The summed E-state index contributed by atoms with van der Waals surface area (Å²) in [5.74, 6) is 1.60. The summed E-state index contributed by atoms with van der Waals surface area (Å²) < 4.78 is 3.10. The van der Waals surface area contributed by atoms with Gasteiger partial charge in [-0.05, 0) is 18.2 Å². The zero-order chi connectivity index (χ0) is 23.6. The summed E-state index contributed by atoms with van der Waals surface area (Å²) in [6.07, 6.45) is 2.02. The second kappa shape index (κ2) is 9.68. The maximum absolute atomic E-state index is 13.7. The zero-order valence-corrected chi connectivity index (χ0v) is 22.0. The number of para-hydroxylation sites is 1. The second-order valence-electron chi connectivity index (χ2n) is 8.59. The van der Waals surface area contributed by atoms with Crippen LogP contribution in [0.25, 0.3) is 11.2 Å². The summed E-state index contributed by atoms with van der Waals surface area (Å²) in [4.78, 5) is 37.1. The Morgan fingerprint density at radius 1 is 1.11 bits per heavy atom. The number of nitrogens with two attached hydrogens (primary N) is 1. The van der Waals surface area contributed by atoms with Crippen molar-refractivity contribution < 1.29 is 4.79 Å². The van der Waals surface area contributed by atoms with Gasteiger partial charge < -0.3 is 16.0 Å². The number of benzene rings is 1. The molecule has 3 N–H and O–H groups in total. The monoisotopic (exact) mass is 544 g/mol. The minimum Gasteiger partial charge on any atom is -0.369 e. The van der Waals surface area contributed by atoms with Gasteiger partial charge in [-0.1, -0.05) is 36.7 Å². The van der Waals surface area contributed by atoms with E-state index in [1.165, 1.54) is 4.52 Å². The number of fused-ring (bicyclic) bond motifs is 2. The van der Waals surface area contributed by atoms with Gasteiger partial charge in [0.15, 0.2) is 11.6 Å². The van der Waals surface area contributed by atoms with Crippen molar-refractivity contribution in [1.29, 1.82) is 0 Å². The Morgan fingerprint density at radius 2 is 1.86 bits per heavy atom. The predicted molar refractivity (Wildman–Crippen MR) is 150 cm³/mol. The Balaban J connectivity index is 0.00000152. The Morgan fingerprint density at radius 3 is 2.58 bits per heavy atom. The number of rotatable bonds is 3. The van der Waals surface area contributed by atoms with E-state index in [0.29, 0.717) is 58.8 Å². The molecular weight excluding hydrogens is 520 g/mol. The highest BCUT2D eigenvalue weighted by Gasteiger charge is 2.44. The topological polar surface area (TPSA) is 123 Å². The van der Waals surface area contributed by atoms with E-state index >= 15 is 0 Å². The van der Waals surface area contributed by atoms with Crippen molar-refractivity contribution >= 4 is 67.5 Å². The Hall–Kier alpha value is -3.22. The largest absolute Gasteiger partial charge is 0.369 e. The van der Waals surface area contributed by atoms with Crippen LogP contribution >= 0.6 is 38.6 Å². The van der Waals surface area contributed by atoms with E-state index in [4.69, 9.17) is 22.4 Å². The minimum absolute atomic E-state index is 0. The number of hydrogen-bond donors (Lipinski definition) is 2. The molecule has 5 heterocycles. The smallest absolute Gasteiger partial charge is 0.284 e. The molecule has 3 aromatic heterocycles. The molecule has 2 aliphatic rings. The minimum atomic E-state index is -0.327. The van der Waals surface area contributed by atoms with Crippen LogP contribution in [0.4, 0.5) is 17.6 Å². The second-order valence-corrected chi connectivity index (χ2v) is 9.00. The van der Waals surface area contributed by atoms with Crippen molar-refractivity contribution in [2.75, 3.05) is 29.0 Å². The van der Waals surface area contributed by atoms with E-state index in [-0.39, 0.29) is 56.2 Å². The Bertz CT molecular complexity index is 1520. The molecule has 4 aromatic rings. The normalized spacial score (nSPS) is 18.5. The van der Waals surface area contributed by atoms with Gasteiger partial charge in [0.05, 0.1) is 16.8 Å². The van der Waals surface area contributed by atoms with Gasteiger partial charge in [-0.3, -0.25) is 14.2 Å². The molecule has 36 heavy (non-hydrogen) atoms. The lowest BCUT2D eigenvalue weighted by atomic mass is 9.88. The molecule has 1 unspecified atom stereocenters. The number of nitrogens with zero attached hydrogens (tertiary/aromatic N) is 6. The number of anilines is 3. The van der Waals surface area contributed by atoms with Crippen molar-refractivity contribution in [2.24, 2.45) is 5.92 Å². The van der Waals surface area contributed by atoms with Gasteiger partial charge in [-0.25, -0.2) is 4.52 Å². The fourth-order valence-corrected chi connectivity index (χ4v) is 5.07. The first-order valence-electron chi connectivity index (χ1n) is 11.0. The molecule has 0 amide bonds. The van der Waals surface area contributed by atoms with Crippen molar-refractivity contribution in [2.45, 2.75) is 19.4 Å². The van der Waals surface area contributed by atoms with Crippen molar-refractivity contribution in [3.63, 3.8) is 0 Å². The van der Waals surface area contributed by atoms with Gasteiger partial charge >= 0.3 is 0 Å². The van der Waals surface area contributed by atoms with Crippen LogP contribution in [-0.4, -0.2) is 43.0 Å². The van der Waals surface area contributed by atoms with Gasteiger partial charge in [-0.2, -0.15) is 42.1 Å². The molecule has 2 aliphatic heterocycles. The summed E-state index contributed by atoms with van der Waals surface area (Å²) >= 11 is 6.32. The van der Waals surface area contributed by atoms with Crippen LogP contribution in [-0.2, 0) is 0 Å². The zero-order valence-electron chi connectivity index (χ0n) is 19.3. The third-order valence-corrected chi connectivity index (χ3v) is 6.71. The lowest BCUT2D eigenvalue weighted by Gasteiger charge is -2.48. The number of nitrogens with one attached hydrogen (secondary N) is 1. The summed E-state index contributed by atoms with van der Waals surface area (Å²) in [5.41, 5.74) is 7.13. The number of carbonyl (C=O) groups excluding carboxylic acids is 1. The fraction of sp³-hybridized carbons (Fsp3) is 0.261. The van der Waals surface area contributed by atoms with Gasteiger partial charge in [0, 0.05) is 31.6 Å². The van der Waals surface area contributed by atoms with Crippen LogP contribution in [0, 0.1) is 5.92 Å². The molecule has 1 fully saturated rings. The lowest BCUT2D eigenvalue weighted by molar-refractivity contribution is 0.0982. The molecule has 188 valence electrons. The van der Waals surface area contributed by atoms with Gasteiger partial charge in [0.2, 0.25) is 5.95 Å². The summed E-state index contributed by atoms with van der Waals surface area (Å²) in [6.45, 7) is 3.20. The maximum atomic E-state index is 13.7. The van der Waals surface area contributed by atoms with Crippen LogP contribution in [0.3, 0.4) is 0 Å². The molecule has 0 saturated carbocycles. The van der Waals surface area contributed by atoms with E-state index in [2.05, 4.69) is 22.2 Å². The SMILES string of the molecule is C[C@H]1CN(c2nc(N)nc3c2C(=O)CCN3)C1c1nn2ccc(Cl)c2c(=O)n1-c1ccccc1.S.S. The van der Waals surface area contributed by atoms with Gasteiger partial charge in [-0.15, -0.1) is 0 Å². The maximum Gasteiger partial charge on any atom is 0.284 e. The number of halogens is 1. The molecule has 2 atom stereocenters. The number of aromatic nitrogens is 5. The quantitative estimate of drug-likeness (QED) is 0.403. The van der Waals surface area contributed by atoms with E-state index in [0.717, 1.165) is 0 Å². The highest BCUT2D eigenvalue weighted by atomic mass is 35.5.